The number of fused-ring (bicyclic) bond motifs is 1. The minimum absolute atomic E-state index is 0.282. The first-order valence-corrected chi connectivity index (χ1v) is 4.97. The molecular formula is C12H12FNO2. The lowest BCUT2D eigenvalue weighted by Gasteiger charge is -2.12. The molecule has 0 N–H and O–H groups in total. The van der Waals surface area contributed by atoms with Crippen molar-refractivity contribution < 1.29 is 13.9 Å². The smallest absolute Gasteiger partial charge is 0.328 e. The molecule has 16 heavy (non-hydrogen) atoms. The zero-order valence-corrected chi connectivity index (χ0v) is 9.11. The lowest BCUT2D eigenvalue weighted by Crippen LogP contribution is -2.16. The molecular weight excluding hydrogens is 209 g/mol. The number of halogens is 1. The van der Waals surface area contributed by atoms with Crippen molar-refractivity contribution >= 4 is 16.9 Å². The molecule has 0 aliphatic carbocycles. The number of methoxy groups -OCH3 is 1. The van der Waals surface area contributed by atoms with Crippen molar-refractivity contribution in [1.82, 2.24) is 4.57 Å². The van der Waals surface area contributed by atoms with Crippen molar-refractivity contribution in [2.75, 3.05) is 7.11 Å². The second-order valence-corrected chi connectivity index (χ2v) is 3.63. The van der Waals surface area contributed by atoms with E-state index in [0.717, 1.165) is 10.9 Å². The Morgan fingerprint density at radius 2 is 2.19 bits per heavy atom. The summed E-state index contributed by atoms with van der Waals surface area (Å²) < 4.78 is 19.4. The van der Waals surface area contributed by atoms with Gasteiger partial charge in [-0.05, 0) is 31.2 Å². The highest BCUT2D eigenvalue weighted by atomic mass is 19.1. The minimum atomic E-state index is -0.409. The maximum atomic E-state index is 13.0. The van der Waals surface area contributed by atoms with E-state index in [9.17, 15) is 9.18 Å². The quantitative estimate of drug-likeness (QED) is 0.729. The Balaban J connectivity index is 2.50. The van der Waals surface area contributed by atoms with E-state index in [1.807, 2.05) is 0 Å². The molecule has 4 heteroatoms. The highest BCUT2D eigenvalue weighted by Gasteiger charge is 2.16. The van der Waals surface area contributed by atoms with Crippen LogP contribution in [0.5, 0.6) is 0 Å². The van der Waals surface area contributed by atoms with Gasteiger partial charge >= 0.3 is 5.97 Å². The summed E-state index contributed by atoms with van der Waals surface area (Å²) in [5, 5.41) is 0.774. The normalized spacial score (nSPS) is 12.7. The van der Waals surface area contributed by atoms with Crippen LogP contribution >= 0.6 is 0 Å². The highest BCUT2D eigenvalue weighted by molar-refractivity contribution is 5.83. The summed E-state index contributed by atoms with van der Waals surface area (Å²) in [6.07, 6.45) is 1.76. The predicted octanol–water partition coefficient (Wildman–Crippen LogP) is 2.51. The SMILES string of the molecule is COC(=O)C(C)n1ccc2cc(F)ccc21. The number of ether oxygens (including phenoxy) is 1. The van der Waals surface area contributed by atoms with Gasteiger partial charge in [-0.25, -0.2) is 9.18 Å². The van der Waals surface area contributed by atoms with Gasteiger partial charge in [0, 0.05) is 17.1 Å². The Morgan fingerprint density at radius 3 is 2.88 bits per heavy atom. The highest BCUT2D eigenvalue weighted by Crippen LogP contribution is 2.21. The third-order valence-electron chi connectivity index (χ3n) is 2.64. The fourth-order valence-corrected chi connectivity index (χ4v) is 1.76. The summed E-state index contributed by atoms with van der Waals surface area (Å²) in [6, 6.07) is 5.84. The van der Waals surface area contributed by atoms with Gasteiger partial charge in [-0.2, -0.15) is 0 Å². The molecule has 0 bridgehead atoms. The topological polar surface area (TPSA) is 31.2 Å². The summed E-state index contributed by atoms with van der Waals surface area (Å²) in [5.41, 5.74) is 0.819. The largest absolute Gasteiger partial charge is 0.467 e. The van der Waals surface area contributed by atoms with Gasteiger partial charge in [-0.15, -0.1) is 0 Å². The second-order valence-electron chi connectivity index (χ2n) is 3.63. The Hall–Kier alpha value is -1.84. The maximum Gasteiger partial charge on any atom is 0.328 e. The molecule has 1 atom stereocenters. The van der Waals surface area contributed by atoms with E-state index in [-0.39, 0.29) is 11.8 Å². The molecule has 2 rings (SSSR count). The Labute approximate surface area is 92.4 Å². The van der Waals surface area contributed by atoms with Gasteiger partial charge < -0.3 is 9.30 Å². The zero-order valence-electron chi connectivity index (χ0n) is 9.11. The summed E-state index contributed by atoms with van der Waals surface area (Å²) in [7, 11) is 1.35. The molecule has 1 aromatic carbocycles. The first-order valence-electron chi connectivity index (χ1n) is 4.97. The molecule has 1 unspecified atom stereocenters. The molecule has 0 amide bonds. The van der Waals surface area contributed by atoms with Crippen molar-refractivity contribution in [3.8, 4) is 0 Å². The number of esters is 1. The number of hydrogen-bond acceptors (Lipinski definition) is 2. The summed E-state index contributed by atoms with van der Waals surface area (Å²) in [4.78, 5) is 11.4. The number of rotatable bonds is 2. The lowest BCUT2D eigenvalue weighted by atomic mass is 10.2. The first kappa shape index (κ1) is 10.7. The number of hydrogen-bond donors (Lipinski definition) is 0. The molecule has 1 heterocycles. The van der Waals surface area contributed by atoms with Crippen molar-refractivity contribution in [2.45, 2.75) is 13.0 Å². The van der Waals surface area contributed by atoms with Gasteiger partial charge in [0.1, 0.15) is 11.9 Å². The monoisotopic (exact) mass is 221 g/mol. The molecule has 0 saturated heterocycles. The van der Waals surface area contributed by atoms with E-state index in [0.29, 0.717) is 0 Å². The van der Waals surface area contributed by atoms with Crippen LogP contribution in [-0.2, 0) is 9.53 Å². The number of carbonyl (C=O) groups is 1. The lowest BCUT2D eigenvalue weighted by molar-refractivity contribution is -0.143. The maximum absolute atomic E-state index is 13.0. The van der Waals surface area contributed by atoms with Crippen LogP contribution in [0.4, 0.5) is 4.39 Å². The Kier molecular flexibility index (Phi) is 2.64. The first-order chi connectivity index (χ1) is 7.63. The fourth-order valence-electron chi connectivity index (χ4n) is 1.76. The van der Waals surface area contributed by atoms with E-state index >= 15 is 0 Å². The fraction of sp³-hybridized carbons (Fsp3) is 0.250. The summed E-state index contributed by atoms with van der Waals surface area (Å²) in [6.45, 7) is 1.74. The zero-order chi connectivity index (χ0) is 11.7. The van der Waals surface area contributed by atoms with Gasteiger partial charge in [0.2, 0.25) is 0 Å². The molecule has 0 radical (unpaired) electrons. The van der Waals surface area contributed by atoms with E-state index in [1.165, 1.54) is 19.2 Å². The van der Waals surface area contributed by atoms with Crippen LogP contribution in [0, 0.1) is 5.82 Å². The molecule has 0 saturated carbocycles. The summed E-state index contributed by atoms with van der Waals surface area (Å²) >= 11 is 0. The van der Waals surface area contributed by atoms with Gasteiger partial charge in [-0.3, -0.25) is 0 Å². The molecule has 2 aromatic rings. The molecule has 1 aromatic heterocycles. The molecule has 0 aliphatic rings. The van der Waals surface area contributed by atoms with Crippen LogP contribution in [-0.4, -0.2) is 17.6 Å². The van der Waals surface area contributed by atoms with Crippen LogP contribution in [0.2, 0.25) is 0 Å². The third-order valence-corrected chi connectivity index (χ3v) is 2.64. The average Bonchev–Trinajstić information content (AvgIpc) is 2.69. The van der Waals surface area contributed by atoms with Gasteiger partial charge in [-0.1, -0.05) is 0 Å². The van der Waals surface area contributed by atoms with E-state index in [1.54, 1.807) is 29.8 Å². The number of benzene rings is 1. The van der Waals surface area contributed by atoms with E-state index in [4.69, 9.17) is 0 Å². The van der Waals surface area contributed by atoms with Crippen LogP contribution < -0.4 is 0 Å². The predicted molar refractivity (Wildman–Crippen MR) is 58.6 cm³/mol. The Bertz CT molecular complexity index is 533. The number of nitrogens with zero attached hydrogens (tertiary/aromatic N) is 1. The molecule has 0 aliphatic heterocycles. The van der Waals surface area contributed by atoms with Crippen molar-refractivity contribution in [1.29, 1.82) is 0 Å². The average molecular weight is 221 g/mol. The van der Waals surface area contributed by atoms with E-state index in [2.05, 4.69) is 4.74 Å². The molecule has 0 fully saturated rings. The van der Waals surface area contributed by atoms with Crippen LogP contribution in [0.3, 0.4) is 0 Å². The van der Waals surface area contributed by atoms with Gasteiger partial charge in [0.15, 0.2) is 0 Å². The van der Waals surface area contributed by atoms with Crippen LogP contribution in [0.1, 0.15) is 13.0 Å². The second kappa shape index (κ2) is 3.96. The van der Waals surface area contributed by atoms with E-state index < -0.39 is 6.04 Å². The van der Waals surface area contributed by atoms with Crippen molar-refractivity contribution in [3.05, 3.63) is 36.3 Å². The minimum Gasteiger partial charge on any atom is -0.467 e. The molecule has 0 spiro atoms. The number of aromatic nitrogens is 1. The standard InChI is InChI=1S/C12H12FNO2/c1-8(12(15)16-2)14-6-5-9-7-10(13)3-4-11(9)14/h3-8H,1-2H3. The third kappa shape index (κ3) is 1.66. The molecule has 84 valence electrons. The van der Waals surface area contributed by atoms with Gasteiger partial charge in [0.05, 0.1) is 7.11 Å². The van der Waals surface area contributed by atoms with Crippen LogP contribution in [0.25, 0.3) is 10.9 Å². The summed E-state index contributed by atoms with van der Waals surface area (Å²) in [5.74, 6) is -0.599. The van der Waals surface area contributed by atoms with Gasteiger partial charge in [0.25, 0.3) is 0 Å². The van der Waals surface area contributed by atoms with Crippen molar-refractivity contribution in [2.24, 2.45) is 0 Å². The Morgan fingerprint density at radius 1 is 1.44 bits per heavy atom. The van der Waals surface area contributed by atoms with Crippen molar-refractivity contribution in [3.63, 3.8) is 0 Å². The van der Waals surface area contributed by atoms with Crippen LogP contribution in [0.15, 0.2) is 30.5 Å². The number of carbonyl (C=O) groups excluding carboxylic acids is 1. The molecule has 3 nitrogen and oxygen atoms in total.